The van der Waals surface area contributed by atoms with Gasteiger partial charge in [-0.15, -0.1) is 0 Å². The van der Waals surface area contributed by atoms with E-state index in [1.165, 1.54) is 20.9 Å². The second kappa shape index (κ2) is 11.4. The van der Waals surface area contributed by atoms with E-state index in [2.05, 4.69) is 20.8 Å². The minimum absolute atomic E-state index is 0.0123. The molecule has 0 aliphatic heterocycles. The fourth-order valence-corrected chi connectivity index (χ4v) is 5.65. The molecule has 9 heteroatoms. The highest BCUT2D eigenvalue weighted by Gasteiger charge is 2.43. The maximum atomic E-state index is 13.1. The molecule has 0 heterocycles. The van der Waals surface area contributed by atoms with E-state index in [-0.39, 0.29) is 24.2 Å². The van der Waals surface area contributed by atoms with Crippen molar-refractivity contribution in [2.24, 2.45) is 5.92 Å². The summed E-state index contributed by atoms with van der Waals surface area (Å²) in [5.74, 6) is -1.95. The summed E-state index contributed by atoms with van der Waals surface area (Å²) in [5.41, 5.74) is 0.882. The summed E-state index contributed by atoms with van der Waals surface area (Å²) in [6.45, 7) is 11.9. The van der Waals surface area contributed by atoms with Gasteiger partial charge in [0.2, 0.25) is 7.37 Å². The van der Waals surface area contributed by atoms with Crippen LogP contribution >= 0.6 is 7.37 Å². The molecular weight excluding hydrogens is 435 g/mol. The summed E-state index contributed by atoms with van der Waals surface area (Å²) in [7, 11) is -2.94. The molecule has 0 amide bonds. The number of hydrogen-bond acceptors (Lipinski definition) is 7. The van der Waals surface area contributed by atoms with Crippen LogP contribution in [0.2, 0.25) is 18.1 Å². The van der Waals surface area contributed by atoms with E-state index in [1.807, 2.05) is 43.4 Å². The zero-order chi connectivity index (χ0) is 23.9. The number of benzene rings is 1. The third-order valence-electron chi connectivity index (χ3n) is 5.64. The summed E-state index contributed by atoms with van der Waals surface area (Å²) in [6, 6.07) is 9.37. The molecule has 7 nitrogen and oxygen atoms in total. The minimum atomic E-state index is -3.16. The molecule has 0 saturated carbocycles. The van der Waals surface area contributed by atoms with Gasteiger partial charge in [-0.3, -0.25) is 9.36 Å². The van der Waals surface area contributed by atoms with Gasteiger partial charge in [0.25, 0.3) is 0 Å². The van der Waals surface area contributed by atoms with Gasteiger partial charge in [-0.25, -0.2) is 4.79 Å². The molecule has 0 aromatic heterocycles. The van der Waals surface area contributed by atoms with Crippen LogP contribution in [0.4, 0.5) is 0 Å². The number of carbonyl (C=O) groups excluding carboxylic acids is 2. The normalized spacial score (nSPS) is 16.1. The van der Waals surface area contributed by atoms with Crippen molar-refractivity contribution in [2.45, 2.75) is 58.0 Å². The molecule has 1 aromatic rings. The SMILES string of the molecule is COC(=O)[C@@H](C[C@H](O[Si](C)(C)C(C)(C)C)C(=O)OC)CP(C)(=O)OCc1ccccc1. The number of methoxy groups -OCH3 is 2. The van der Waals surface area contributed by atoms with Gasteiger partial charge in [-0.2, -0.15) is 0 Å². The maximum Gasteiger partial charge on any atom is 0.333 e. The van der Waals surface area contributed by atoms with E-state index in [0.29, 0.717) is 0 Å². The van der Waals surface area contributed by atoms with E-state index < -0.39 is 39.6 Å². The quantitative estimate of drug-likeness (QED) is 0.258. The Kier molecular flexibility index (Phi) is 10.1. The first-order valence-electron chi connectivity index (χ1n) is 10.3. The lowest BCUT2D eigenvalue weighted by Gasteiger charge is -2.39. The van der Waals surface area contributed by atoms with Crippen molar-refractivity contribution in [1.29, 1.82) is 0 Å². The van der Waals surface area contributed by atoms with E-state index in [4.69, 9.17) is 18.4 Å². The first-order valence-corrected chi connectivity index (χ1v) is 15.5. The topological polar surface area (TPSA) is 88.1 Å². The molecule has 0 N–H and O–H groups in total. The van der Waals surface area contributed by atoms with Crippen LogP contribution in [0.3, 0.4) is 0 Å². The van der Waals surface area contributed by atoms with E-state index >= 15 is 0 Å². The summed E-state index contributed by atoms with van der Waals surface area (Å²) >= 11 is 0. The average molecular weight is 473 g/mol. The minimum Gasteiger partial charge on any atom is -0.469 e. The zero-order valence-electron chi connectivity index (χ0n) is 20.0. The molecule has 1 unspecified atom stereocenters. The maximum absolute atomic E-state index is 13.1. The summed E-state index contributed by atoms with van der Waals surface area (Å²) in [5, 5.41) is -0.140. The molecule has 0 bridgehead atoms. The molecule has 0 radical (unpaired) electrons. The summed E-state index contributed by atoms with van der Waals surface area (Å²) in [4.78, 5) is 24.9. The number of carbonyl (C=O) groups is 2. The fraction of sp³-hybridized carbons (Fsp3) is 0.636. The number of hydrogen-bond donors (Lipinski definition) is 0. The Morgan fingerprint density at radius 1 is 1.03 bits per heavy atom. The van der Waals surface area contributed by atoms with E-state index in [1.54, 1.807) is 0 Å². The highest BCUT2D eigenvalue weighted by atomic mass is 31.2. The lowest BCUT2D eigenvalue weighted by atomic mass is 10.0. The molecule has 1 rings (SSSR count). The summed E-state index contributed by atoms with van der Waals surface area (Å²) < 4.78 is 34.9. The molecule has 0 fully saturated rings. The van der Waals surface area contributed by atoms with E-state index in [0.717, 1.165) is 5.56 Å². The van der Waals surface area contributed by atoms with Crippen LogP contribution < -0.4 is 0 Å². The van der Waals surface area contributed by atoms with Crippen LogP contribution in [0, 0.1) is 5.92 Å². The molecule has 31 heavy (non-hydrogen) atoms. The Hall–Kier alpha value is -1.47. The molecule has 176 valence electrons. The van der Waals surface area contributed by atoms with Gasteiger partial charge in [-0.05, 0) is 30.1 Å². The third-order valence-corrected chi connectivity index (χ3v) is 11.9. The number of ether oxygens (including phenoxy) is 2. The molecule has 0 aliphatic rings. The fourth-order valence-electron chi connectivity index (χ4n) is 2.77. The number of esters is 2. The van der Waals surface area contributed by atoms with E-state index in [9.17, 15) is 14.2 Å². The second-order valence-corrected chi connectivity index (χ2v) is 16.7. The van der Waals surface area contributed by atoms with Gasteiger partial charge >= 0.3 is 11.9 Å². The largest absolute Gasteiger partial charge is 0.469 e. The Morgan fingerprint density at radius 3 is 2.06 bits per heavy atom. The average Bonchev–Trinajstić information content (AvgIpc) is 2.69. The second-order valence-electron chi connectivity index (χ2n) is 9.30. The first-order chi connectivity index (χ1) is 14.2. The molecule has 3 atom stereocenters. The predicted octanol–water partition coefficient (Wildman–Crippen LogP) is 4.85. The Balaban J connectivity index is 3.00. The molecule has 0 spiro atoms. The van der Waals surface area contributed by atoms with Crippen molar-refractivity contribution in [2.75, 3.05) is 27.0 Å². The molecule has 1 aromatic carbocycles. The highest BCUT2D eigenvalue weighted by Crippen LogP contribution is 2.46. The van der Waals surface area contributed by atoms with Crippen molar-refractivity contribution in [1.82, 2.24) is 0 Å². The van der Waals surface area contributed by atoms with Crippen LogP contribution in [0.15, 0.2) is 30.3 Å². The highest BCUT2D eigenvalue weighted by molar-refractivity contribution is 7.58. The third kappa shape index (κ3) is 8.89. The van der Waals surface area contributed by atoms with Crippen molar-refractivity contribution in [3.05, 3.63) is 35.9 Å². The van der Waals surface area contributed by atoms with Crippen molar-refractivity contribution < 1.29 is 32.6 Å². The number of rotatable bonds is 11. The first kappa shape index (κ1) is 27.6. The Morgan fingerprint density at radius 2 is 1.58 bits per heavy atom. The van der Waals surface area contributed by atoms with Gasteiger partial charge in [0.05, 0.1) is 26.7 Å². The van der Waals surface area contributed by atoms with Crippen LogP contribution in [0.5, 0.6) is 0 Å². The van der Waals surface area contributed by atoms with Gasteiger partial charge < -0.3 is 18.4 Å². The van der Waals surface area contributed by atoms with Crippen molar-refractivity contribution in [3.8, 4) is 0 Å². The van der Waals surface area contributed by atoms with Crippen LogP contribution in [0.25, 0.3) is 0 Å². The predicted molar refractivity (Wildman–Crippen MR) is 124 cm³/mol. The molecule has 0 saturated heterocycles. The van der Waals surface area contributed by atoms with Crippen LogP contribution in [-0.2, 0) is 39.2 Å². The monoisotopic (exact) mass is 472 g/mol. The molecule has 0 aliphatic carbocycles. The lowest BCUT2D eigenvalue weighted by molar-refractivity contribution is -0.152. The summed E-state index contributed by atoms with van der Waals surface area (Å²) in [6.07, 6.45) is -0.997. The molecular formula is C22H37O7PSi. The Labute approximate surface area is 187 Å². The lowest BCUT2D eigenvalue weighted by Crippen LogP contribution is -2.47. The standard InChI is InChI=1S/C22H37O7PSi/c1-22(2,3)31(7,8)29-19(21(24)27-5)14-18(20(23)26-4)16-30(6,25)28-15-17-12-10-9-11-13-17/h9-13,18-19H,14-16H2,1-8H3/t18-,19-,30?/m0/s1. The van der Waals surface area contributed by atoms with Gasteiger partial charge in [0.1, 0.15) is 6.10 Å². The van der Waals surface area contributed by atoms with Crippen LogP contribution in [0.1, 0.15) is 32.8 Å². The zero-order valence-corrected chi connectivity index (χ0v) is 21.9. The van der Waals surface area contributed by atoms with Crippen LogP contribution in [-0.4, -0.2) is 53.4 Å². The van der Waals surface area contributed by atoms with Gasteiger partial charge in [0.15, 0.2) is 8.32 Å². The van der Waals surface area contributed by atoms with Crippen molar-refractivity contribution in [3.63, 3.8) is 0 Å². The van der Waals surface area contributed by atoms with Crippen molar-refractivity contribution >= 4 is 27.6 Å². The van der Waals surface area contributed by atoms with Gasteiger partial charge in [0, 0.05) is 12.8 Å². The Bertz CT molecular complexity index is 774. The smallest absolute Gasteiger partial charge is 0.333 e. The van der Waals surface area contributed by atoms with Gasteiger partial charge in [-0.1, -0.05) is 51.1 Å².